The number of sulfonamides is 1. The van der Waals surface area contributed by atoms with Crippen molar-refractivity contribution in [2.75, 3.05) is 15.9 Å². The SMILES string of the molecule is CC(C)c1ccccc1NC(=O)C(C)N(c1ccc(Oc2ccccc2)cc1)S(C)(=O)=O. The minimum Gasteiger partial charge on any atom is -0.457 e. The summed E-state index contributed by atoms with van der Waals surface area (Å²) in [4.78, 5) is 13.0. The lowest BCUT2D eigenvalue weighted by molar-refractivity contribution is -0.116. The molecule has 32 heavy (non-hydrogen) atoms. The van der Waals surface area contributed by atoms with Gasteiger partial charge in [0.05, 0.1) is 11.9 Å². The molecule has 1 amide bonds. The average molecular weight is 453 g/mol. The fourth-order valence-corrected chi connectivity index (χ4v) is 4.62. The summed E-state index contributed by atoms with van der Waals surface area (Å²) in [7, 11) is -3.72. The van der Waals surface area contributed by atoms with Crippen molar-refractivity contribution in [1.29, 1.82) is 0 Å². The number of nitrogens with zero attached hydrogens (tertiary/aromatic N) is 1. The van der Waals surface area contributed by atoms with Crippen molar-refractivity contribution in [3.63, 3.8) is 0 Å². The third-order valence-corrected chi connectivity index (χ3v) is 6.24. The molecule has 0 aliphatic rings. The second kappa shape index (κ2) is 9.87. The second-order valence-electron chi connectivity index (χ2n) is 7.88. The highest BCUT2D eigenvalue weighted by Gasteiger charge is 2.29. The first-order valence-electron chi connectivity index (χ1n) is 10.4. The van der Waals surface area contributed by atoms with Gasteiger partial charge in [0.15, 0.2) is 0 Å². The average Bonchev–Trinajstić information content (AvgIpc) is 2.75. The standard InChI is InChI=1S/C25H28N2O4S/c1-18(2)23-12-8-9-13-24(23)26-25(28)19(3)27(32(4,29)30)20-14-16-22(17-15-20)31-21-10-6-5-7-11-21/h5-19H,1-4H3,(H,26,28). The van der Waals surface area contributed by atoms with E-state index in [-0.39, 0.29) is 5.92 Å². The molecule has 0 radical (unpaired) electrons. The van der Waals surface area contributed by atoms with Crippen LogP contribution < -0.4 is 14.4 Å². The molecule has 0 aromatic heterocycles. The van der Waals surface area contributed by atoms with Crippen LogP contribution in [-0.2, 0) is 14.8 Å². The Hall–Kier alpha value is -3.32. The number of rotatable bonds is 8. The zero-order valence-corrected chi connectivity index (χ0v) is 19.5. The van der Waals surface area contributed by atoms with Crippen molar-refractivity contribution in [3.8, 4) is 11.5 Å². The van der Waals surface area contributed by atoms with E-state index in [4.69, 9.17) is 4.74 Å². The van der Waals surface area contributed by atoms with Crippen LogP contribution in [0.1, 0.15) is 32.3 Å². The molecule has 1 unspecified atom stereocenters. The number of hydrogen-bond acceptors (Lipinski definition) is 4. The highest BCUT2D eigenvalue weighted by Crippen LogP contribution is 2.28. The Morgan fingerprint density at radius 1 is 0.844 bits per heavy atom. The summed E-state index contributed by atoms with van der Waals surface area (Å²) < 4.78 is 32.1. The fourth-order valence-electron chi connectivity index (χ4n) is 3.45. The van der Waals surface area contributed by atoms with E-state index in [9.17, 15) is 13.2 Å². The molecule has 0 aliphatic carbocycles. The molecule has 0 heterocycles. The largest absolute Gasteiger partial charge is 0.457 e. The Morgan fingerprint density at radius 2 is 1.41 bits per heavy atom. The Bertz CT molecular complexity index is 1160. The molecule has 0 fully saturated rings. The van der Waals surface area contributed by atoms with Gasteiger partial charge < -0.3 is 10.1 Å². The van der Waals surface area contributed by atoms with E-state index in [1.165, 1.54) is 0 Å². The van der Waals surface area contributed by atoms with E-state index in [0.29, 0.717) is 22.9 Å². The van der Waals surface area contributed by atoms with Gasteiger partial charge in [-0.2, -0.15) is 0 Å². The number of carbonyl (C=O) groups is 1. The monoisotopic (exact) mass is 452 g/mol. The number of amides is 1. The topological polar surface area (TPSA) is 75.7 Å². The number of anilines is 2. The van der Waals surface area contributed by atoms with Gasteiger partial charge in [0, 0.05) is 5.69 Å². The molecule has 0 bridgehead atoms. The number of carbonyl (C=O) groups excluding carboxylic acids is 1. The van der Waals surface area contributed by atoms with Crippen LogP contribution in [0.5, 0.6) is 11.5 Å². The van der Waals surface area contributed by atoms with Crippen LogP contribution in [0.15, 0.2) is 78.9 Å². The van der Waals surface area contributed by atoms with E-state index < -0.39 is 22.0 Å². The van der Waals surface area contributed by atoms with Crippen LogP contribution in [0.2, 0.25) is 0 Å². The first kappa shape index (κ1) is 23.3. The summed E-state index contributed by atoms with van der Waals surface area (Å²) in [6.07, 6.45) is 1.09. The summed E-state index contributed by atoms with van der Waals surface area (Å²) in [5, 5.41) is 2.89. The number of para-hydroxylation sites is 2. The van der Waals surface area contributed by atoms with Crippen LogP contribution in [0.25, 0.3) is 0 Å². The molecular weight excluding hydrogens is 424 g/mol. The van der Waals surface area contributed by atoms with Crippen molar-refractivity contribution in [1.82, 2.24) is 0 Å². The predicted molar refractivity (Wildman–Crippen MR) is 129 cm³/mol. The summed E-state index contributed by atoms with van der Waals surface area (Å²) in [5.74, 6) is 1.05. The van der Waals surface area contributed by atoms with Crippen LogP contribution in [-0.4, -0.2) is 26.6 Å². The van der Waals surface area contributed by atoms with Crippen LogP contribution in [0.3, 0.4) is 0 Å². The maximum Gasteiger partial charge on any atom is 0.248 e. The van der Waals surface area contributed by atoms with Crippen molar-refractivity contribution in [2.45, 2.75) is 32.7 Å². The third kappa shape index (κ3) is 5.68. The smallest absolute Gasteiger partial charge is 0.248 e. The Morgan fingerprint density at radius 3 is 2.00 bits per heavy atom. The minimum absolute atomic E-state index is 0.213. The second-order valence-corrected chi connectivity index (χ2v) is 9.73. The Balaban J connectivity index is 1.83. The van der Waals surface area contributed by atoms with Crippen LogP contribution >= 0.6 is 0 Å². The molecule has 1 N–H and O–H groups in total. The quantitative estimate of drug-likeness (QED) is 0.497. The maximum atomic E-state index is 13.0. The highest BCUT2D eigenvalue weighted by molar-refractivity contribution is 7.92. The third-order valence-electron chi connectivity index (χ3n) is 5.00. The van der Waals surface area contributed by atoms with Crippen molar-refractivity contribution in [2.24, 2.45) is 0 Å². The fraction of sp³-hybridized carbons (Fsp3) is 0.240. The molecule has 0 spiro atoms. The van der Waals surface area contributed by atoms with Gasteiger partial charge in [-0.3, -0.25) is 9.10 Å². The van der Waals surface area contributed by atoms with E-state index in [1.54, 1.807) is 31.2 Å². The van der Waals surface area contributed by atoms with Crippen molar-refractivity contribution in [3.05, 3.63) is 84.4 Å². The van der Waals surface area contributed by atoms with Crippen LogP contribution in [0.4, 0.5) is 11.4 Å². The molecule has 3 aromatic carbocycles. The van der Waals surface area contributed by atoms with Gasteiger partial charge in [-0.15, -0.1) is 0 Å². The first-order chi connectivity index (χ1) is 15.2. The van der Waals surface area contributed by atoms with E-state index in [1.807, 2.05) is 68.4 Å². The van der Waals surface area contributed by atoms with Gasteiger partial charge in [-0.25, -0.2) is 8.42 Å². The van der Waals surface area contributed by atoms with Gasteiger partial charge in [0.1, 0.15) is 17.5 Å². The maximum absolute atomic E-state index is 13.0. The Labute approximate surface area is 189 Å². The molecule has 0 saturated heterocycles. The van der Waals surface area contributed by atoms with Gasteiger partial charge in [-0.1, -0.05) is 50.2 Å². The van der Waals surface area contributed by atoms with Gasteiger partial charge in [0.25, 0.3) is 0 Å². The van der Waals surface area contributed by atoms with Gasteiger partial charge >= 0.3 is 0 Å². The zero-order chi connectivity index (χ0) is 23.3. The van der Waals surface area contributed by atoms with Gasteiger partial charge in [-0.05, 0) is 60.9 Å². The van der Waals surface area contributed by atoms with Crippen molar-refractivity contribution < 1.29 is 17.9 Å². The molecule has 168 valence electrons. The molecule has 0 aliphatic heterocycles. The molecule has 3 aromatic rings. The first-order valence-corrected chi connectivity index (χ1v) is 12.2. The summed E-state index contributed by atoms with van der Waals surface area (Å²) in [6, 6.07) is 22.5. The molecule has 7 heteroatoms. The lowest BCUT2D eigenvalue weighted by atomic mass is 10.0. The van der Waals surface area contributed by atoms with E-state index >= 15 is 0 Å². The summed E-state index contributed by atoms with van der Waals surface area (Å²) in [6.45, 7) is 5.65. The van der Waals surface area contributed by atoms with Crippen LogP contribution in [0, 0.1) is 0 Å². The zero-order valence-electron chi connectivity index (χ0n) is 18.6. The summed E-state index contributed by atoms with van der Waals surface area (Å²) in [5.41, 5.74) is 2.05. The number of benzene rings is 3. The summed E-state index contributed by atoms with van der Waals surface area (Å²) >= 11 is 0. The predicted octanol–water partition coefficient (Wildman–Crippen LogP) is 5.40. The molecule has 1 atom stereocenters. The molecular formula is C25H28N2O4S. The lowest BCUT2D eigenvalue weighted by Gasteiger charge is -2.28. The molecule has 0 saturated carbocycles. The number of nitrogens with one attached hydrogen (secondary N) is 1. The molecule has 3 rings (SSSR count). The Kier molecular flexibility index (Phi) is 7.20. The number of hydrogen-bond donors (Lipinski definition) is 1. The normalized spacial score (nSPS) is 12.3. The van der Waals surface area contributed by atoms with E-state index in [0.717, 1.165) is 16.1 Å². The van der Waals surface area contributed by atoms with Crippen molar-refractivity contribution >= 4 is 27.3 Å². The minimum atomic E-state index is -3.72. The number of ether oxygens (including phenoxy) is 1. The lowest BCUT2D eigenvalue weighted by Crippen LogP contribution is -2.45. The van der Waals surface area contributed by atoms with Gasteiger partial charge in [0.2, 0.25) is 15.9 Å². The highest BCUT2D eigenvalue weighted by atomic mass is 32.2. The molecule has 6 nitrogen and oxygen atoms in total. The van der Waals surface area contributed by atoms with E-state index in [2.05, 4.69) is 5.32 Å².